The number of hydrogen-bond donors (Lipinski definition) is 1. The average Bonchev–Trinajstić information content (AvgIpc) is 2.14. The van der Waals surface area contributed by atoms with E-state index in [4.69, 9.17) is 4.74 Å². The van der Waals surface area contributed by atoms with Crippen LogP contribution < -0.4 is 5.32 Å². The van der Waals surface area contributed by atoms with Gasteiger partial charge in [-0.2, -0.15) is 0 Å². The Hall–Kier alpha value is -0.0800. The van der Waals surface area contributed by atoms with E-state index in [0.29, 0.717) is 0 Å². The lowest BCUT2D eigenvalue weighted by Crippen LogP contribution is -2.25. The predicted molar refractivity (Wildman–Crippen MR) is 58.0 cm³/mol. The van der Waals surface area contributed by atoms with Gasteiger partial charge in [0.2, 0.25) is 0 Å². The van der Waals surface area contributed by atoms with Gasteiger partial charge >= 0.3 is 0 Å². The second-order valence-electron chi connectivity index (χ2n) is 3.87. The molecular weight excluding hydrogens is 162 g/mol. The van der Waals surface area contributed by atoms with Gasteiger partial charge in [0.15, 0.2) is 0 Å². The molecule has 0 amide bonds. The van der Waals surface area contributed by atoms with E-state index in [1.165, 1.54) is 19.3 Å². The molecule has 0 bridgehead atoms. The first-order chi connectivity index (χ1) is 6.26. The number of rotatable bonds is 8. The third-order valence-corrected chi connectivity index (χ3v) is 2.71. The highest BCUT2D eigenvalue weighted by atomic mass is 16.5. The van der Waals surface area contributed by atoms with Crippen molar-refractivity contribution in [3.63, 3.8) is 0 Å². The van der Waals surface area contributed by atoms with Crippen molar-refractivity contribution in [2.75, 3.05) is 27.3 Å². The molecule has 0 aromatic rings. The third-order valence-electron chi connectivity index (χ3n) is 2.71. The molecule has 0 saturated heterocycles. The van der Waals surface area contributed by atoms with Crippen LogP contribution in [0.5, 0.6) is 0 Å². The van der Waals surface area contributed by atoms with Gasteiger partial charge < -0.3 is 10.1 Å². The Balaban J connectivity index is 3.72. The van der Waals surface area contributed by atoms with Gasteiger partial charge in [0, 0.05) is 13.7 Å². The van der Waals surface area contributed by atoms with Crippen LogP contribution in [0, 0.1) is 11.8 Å². The number of nitrogens with one attached hydrogen (secondary N) is 1. The molecule has 13 heavy (non-hydrogen) atoms. The van der Waals surface area contributed by atoms with Crippen LogP contribution in [0.15, 0.2) is 0 Å². The van der Waals surface area contributed by atoms with Crippen LogP contribution in [0.25, 0.3) is 0 Å². The first-order valence-corrected chi connectivity index (χ1v) is 5.39. The zero-order chi connectivity index (χ0) is 10.1. The summed E-state index contributed by atoms with van der Waals surface area (Å²) >= 11 is 0. The Bertz CT molecular complexity index is 100. The van der Waals surface area contributed by atoms with Crippen molar-refractivity contribution in [1.82, 2.24) is 5.32 Å². The van der Waals surface area contributed by atoms with Crippen molar-refractivity contribution in [2.24, 2.45) is 11.8 Å². The van der Waals surface area contributed by atoms with E-state index in [2.05, 4.69) is 19.2 Å². The topological polar surface area (TPSA) is 21.3 Å². The first kappa shape index (κ1) is 12.9. The molecule has 0 saturated carbocycles. The second kappa shape index (κ2) is 8.52. The minimum absolute atomic E-state index is 0.771. The highest BCUT2D eigenvalue weighted by Gasteiger charge is 2.14. The molecule has 0 aliphatic rings. The van der Waals surface area contributed by atoms with Crippen molar-refractivity contribution in [1.29, 1.82) is 0 Å². The summed E-state index contributed by atoms with van der Waals surface area (Å²) in [6.45, 7) is 6.62. The van der Waals surface area contributed by atoms with E-state index in [9.17, 15) is 0 Å². The lowest BCUT2D eigenvalue weighted by molar-refractivity contribution is 0.162. The highest BCUT2D eigenvalue weighted by Crippen LogP contribution is 2.19. The fourth-order valence-corrected chi connectivity index (χ4v) is 1.76. The Morgan fingerprint density at radius 1 is 1.31 bits per heavy atom. The van der Waals surface area contributed by atoms with E-state index in [1.54, 1.807) is 7.11 Å². The molecule has 0 heterocycles. The highest BCUT2D eigenvalue weighted by molar-refractivity contribution is 4.67. The molecule has 0 aromatic heterocycles. The van der Waals surface area contributed by atoms with Gasteiger partial charge in [0.1, 0.15) is 0 Å². The standard InChI is InChI=1S/C11H25NO/c1-5-6-11(9-12-3)10(2)7-8-13-4/h10-12H,5-9H2,1-4H3. The van der Waals surface area contributed by atoms with Crippen LogP contribution in [-0.4, -0.2) is 27.3 Å². The van der Waals surface area contributed by atoms with Gasteiger partial charge in [0.05, 0.1) is 0 Å². The summed E-state index contributed by atoms with van der Waals surface area (Å²) in [5.41, 5.74) is 0. The summed E-state index contributed by atoms with van der Waals surface area (Å²) in [5.74, 6) is 1.58. The molecule has 0 fully saturated rings. The third kappa shape index (κ3) is 6.05. The van der Waals surface area contributed by atoms with Crippen LogP contribution in [0.1, 0.15) is 33.1 Å². The Morgan fingerprint density at radius 3 is 2.46 bits per heavy atom. The molecule has 2 unspecified atom stereocenters. The number of hydrogen-bond acceptors (Lipinski definition) is 2. The first-order valence-electron chi connectivity index (χ1n) is 5.39. The monoisotopic (exact) mass is 187 g/mol. The molecular formula is C11H25NO. The zero-order valence-electron chi connectivity index (χ0n) is 9.60. The Morgan fingerprint density at radius 2 is 2.00 bits per heavy atom. The van der Waals surface area contributed by atoms with Gasteiger partial charge in [-0.25, -0.2) is 0 Å². The molecule has 0 aliphatic carbocycles. The molecule has 2 heteroatoms. The largest absolute Gasteiger partial charge is 0.385 e. The Labute approximate surface area is 83.1 Å². The van der Waals surface area contributed by atoms with E-state index in [-0.39, 0.29) is 0 Å². The van der Waals surface area contributed by atoms with Crippen LogP contribution in [0.3, 0.4) is 0 Å². The summed E-state index contributed by atoms with van der Waals surface area (Å²) in [6.07, 6.45) is 3.79. The van der Waals surface area contributed by atoms with Gasteiger partial charge in [-0.3, -0.25) is 0 Å². The second-order valence-corrected chi connectivity index (χ2v) is 3.87. The van der Waals surface area contributed by atoms with E-state index in [0.717, 1.165) is 25.0 Å². The van der Waals surface area contributed by atoms with Crippen molar-refractivity contribution < 1.29 is 4.74 Å². The lowest BCUT2D eigenvalue weighted by Gasteiger charge is -2.23. The van der Waals surface area contributed by atoms with Crippen LogP contribution in [0.2, 0.25) is 0 Å². The maximum Gasteiger partial charge on any atom is 0.0464 e. The SMILES string of the molecule is CCCC(CNC)C(C)CCOC. The predicted octanol–water partition coefficient (Wildman–Crippen LogP) is 2.29. The van der Waals surface area contributed by atoms with Crippen molar-refractivity contribution in [3.8, 4) is 0 Å². The van der Waals surface area contributed by atoms with Crippen LogP contribution >= 0.6 is 0 Å². The van der Waals surface area contributed by atoms with Gasteiger partial charge in [-0.05, 0) is 38.3 Å². The maximum absolute atomic E-state index is 5.10. The number of methoxy groups -OCH3 is 1. The van der Waals surface area contributed by atoms with Gasteiger partial charge in [-0.1, -0.05) is 20.3 Å². The summed E-state index contributed by atoms with van der Waals surface area (Å²) in [6, 6.07) is 0. The molecule has 0 rings (SSSR count). The number of ether oxygens (including phenoxy) is 1. The minimum atomic E-state index is 0.771. The molecule has 80 valence electrons. The fourth-order valence-electron chi connectivity index (χ4n) is 1.76. The van der Waals surface area contributed by atoms with Crippen molar-refractivity contribution in [2.45, 2.75) is 33.1 Å². The fraction of sp³-hybridized carbons (Fsp3) is 1.00. The van der Waals surface area contributed by atoms with Gasteiger partial charge in [-0.15, -0.1) is 0 Å². The maximum atomic E-state index is 5.10. The quantitative estimate of drug-likeness (QED) is 0.629. The van der Waals surface area contributed by atoms with Crippen molar-refractivity contribution >= 4 is 0 Å². The smallest absolute Gasteiger partial charge is 0.0464 e. The Kier molecular flexibility index (Phi) is 8.46. The van der Waals surface area contributed by atoms with E-state index >= 15 is 0 Å². The van der Waals surface area contributed by atoms with Crippen LogP contribution in [0.4, 0.5) is 0 Å². The van der Waals surface area contributed by atoms with Crippen molar-refractivity contribution in [3.05, 3.63) is 0 Å². The zero-order valence-corrected chi connectivity index (χ0v) is 9.60. The lowest BCUT2D eigenvalue weighted by atomic mass is 9.88. The molecule has 2 nitrogen and oxygen atoms in total. The van der Waals surface area contributed by atoms with E-state index in [1.807, 2.05) is 7.05 Å². The molecule has 0 aliphatic heterocycles. The molecule has 0 spiro atoms. The summed E-state index contributed by atoms with van der Waals surface area (Å²) < 4.78 is 5.10. The van der Waals surface area contributed by atoms with E-state index < -0.39 is 0 Å². The molecule has 2 atom stereocenters. The molecule has 0 radical (unpaired) electrons. The summed E-state index contributed by atoms with van der Waals surface area (Å²) in [4.78, 5) is 0. The normalized spacial score (nSPS) is 15.7. The average molecular weight is 187 g/mol. The molecule has 0 aromatic carbocycles. The summed E-state index contributed by atoms with van der Waals surface area (Å²) in [5, 5.41) is 3.27. The minimum Gasteiger partial charge on any atom is -0.385 e. The van der Waals surface area contributed by atoms with Crippen LogP contribution in [-0.2, 0) is 4.74 Å². The summed E-state index contributed by atoms with van der Waals surface area (Å²) in [7, 11) is 3.81. The molecule has 1 N–H and O–H groups in total. The van der Waals surface area contributed by atoms with Gasteiger partial charge in [0.25, 0.3) is 0 Å².